The molecule has 0 bridgehead atoms. The van der Waals surface area contributed by atoms with Gasteiger partial charge in [-0.3, -0.25) is 9.48 Å². The van der Waals surface area contributed by atoms with Crippen LogP contribution < -0.4 is 10.3 Å². The highest BCUT2D eigenvalue weighted by atomic mass is 16.5. The van der Waals surface area contributed by atoms with E-state index >= 15 is 0 Å². The molecule has 0 aliphatic rings. The van der Waals surface area contributed by atoms with Crippen molar-refractivity contribution in [3.8, 4) is 5.75 Å². The Morgan fingerprint density at radius 1 is 1.29 bits per heavy atom. The van der Waals surface area contributed by atoms with Gasteiger partial charge < -0.3 is 9.72 Å². The van der Waals surface area contributed by atoms with Gasteiger partial charge in [-0.15, -0.1) is 0 Å². The van der Waals surface area contributed by atoms with Gasteiger partial charge in [-0.05, 0) is 36.4 Å². The number of nitrogens with zero attached hydrogens (tertiary/aromatic N) is 3. The highest BCUT2D eigenvalue weighted by Gasteiger charge is 2.04. The van der Waals surface area contributed by atoms with E-state index in [1.54, 1.807) is 42.3 Å². The molecule has 1 aromatic carbocycles. The normalized spacial score (nSPS) is 11.3. The maximum absolute atomic E-state index is 12.1. The molecule has 3 rings (SSSR count). The quantitative estimate of drug-likeness (QED) is 0.795. The number of ether oxygens (including phenoxy) is 1. The molecule has 6 nitrogen and oxygen atoms in total. The van der Waals surface area contributed by atoms with Crippen LogP contribution in [0.1, 0.15) is 11.5 Å². The van der Waals surface area contributed by atoms with E-state index in [0.717, 1.165) is 5.69 Å². The van der Waals surface area contributed by atoms with E-state index in [1.807, 2.05) is 19.2 Å². The van der Waals surface area contributed by atoms with E-state index in [2.05, 4.69) is 15.1 Å². The number of aromatic nitrogens is 4. The SMILES string of the molecule is COc1ccc2nc(/C=C/c3ccnn3C)[nH]c(=O)c2c1. The molecule has 0 spiro atoms. The number of fused-ring (bicyclic) bond motifs is 1. The minimum atomic E-state index is -0.191. The average Bonchev–Trinajstić information content (AvgIpc) is 2.90. The van der Waals surface area contributed by atoms with Gasteiger partial charge in [0.2, 0.25) is 0 Å². The lowest BCUT2D eigenvalue weighted by Crippen LogP contribution is -2.09. The summed E-state index contributed by atoms with van der Waals surface area (Å²) in [6, 6.07) is 7.10. The summed E-state index contributed by atoms with van der Waals surface area (Å²) in [7, 11) is 3.41. The molecule has 6 heteroatoms. The highest BCUT2D eigenvalue weighted by Crippen LogP contribution is 2.16. The first-order chi connectivity index (χ1) is 10.2. The van der Waals surface area contributed by atoms with E-state index in [9.17, 15) is 4.79 Å². The molecule has 0 fully saturated rings. The Balaban J connectivity index is 2.03. The predicted octanol–water partition coefficient (Wildman–Crippen LogP) is 1.84. The number of aromatic amines is 1. The third-order valence-corrected chi connectivity index (χ3v) is 3.20. The number of nitrogens with one attached hydrogen (secondary N) is 1. The fourth-order valence-electron chi connectivity index (χ4n) is 2.05. The second kappa shape index (κ2) is 5.24. The number of benzene rings is 1. The molecule has 1 N–H and O–H groups in total. The number of hydrogen-bond acceptors (Lipinski definition) is 4. The Kier molecular flexibility index (Phi) is 3.27. The lowest BCUT2D eigenvalue weighted by molar-refractivity contribution is 0.415. The standard InChI is InChI=1S/C15H14N4O2/c1-19-10(7-8-16-19)3-6-14-17-13-5-4-11(21-2)9-12(13)15(20)18-14/h3-9H,1-2H3,(H,17,18,20)/b6-3+. The van der Waals surface area contributed by atoms with Crippen LogP contribution in [0.15, 0.2) is 35.3 Å². The van der Waals surface area contributed by atoms with Crippen LogP contribution in [-0.2, 0) is 7.05 Å². The lowest BCUT2D eigenvalue weighted by Gasteiger charge is -2.02. The van der Waals surface area contributed by atoms with Gasteiger partial charge in [0, 0.05) is 13.2 Å². The van der Waals surface area contributed by atoms with Crippen LogP contribution in [0.4, 0.5) is 0 Å². The second-order valence-electron chi connectivity index (χ2n) is 4.55. The number of aryl methyl sites for hydroxylation is 1. The van der Waals surface area contributed by atoms with Gasteiger partial charge >= 0.3 is 0 Å². The number of rotatable bonds is 3. The Labute approximate surface area is 120 Å². The third-order valence-electron chi connectivity index (χ3n) is 3.20. The average molecular weight is 282 g/mol. The topological polar surface area (TPSA) is 72.8 Å². The first-order valence-corrected chi connectivity index (χ1v) is 6.41. The minimum absolute atomic E-state index is 0.191. The molecular formula is C15H14N4O2. The number of H-pyrrole nitrogens is 1. The van der Waals surface area contributed by atoms with Gasteiger partial charge in [0.25, 0.3) is 5.56 Å². The second-order valence-corrected chi connectivity index (χ2v) is 4.55. The van der Waals surface area contributed by atoms with Crippen molar-refractivity contribution in [3.63, 3.8) is 0 Å². The summed E-state index contributed by atoms with van der Waals surface area (Å²) in [6.45, 7) is 0. The Morgan fingerprint density at radius 3 is 2.86 bits per heavy atom. The maximum Gasteiger partial charge on any atom is 0.259 e. The molecule has 0 amide bonds. The predicted molar refractivity (Wildman–Crippen MR) is 81.1 cm³/mol. The van der Waals surface area contributed by atoms with Gasteiger partial charge in [-0.2, -0.15) is 5.10 Å². The zero-order valence-corrected chi connectivity index (χ0v) is 11.7. The zero-order chi connectivity index (χ0) is 14.8. The van der Waals surface area contributed by atoms with Gasteiger partial charge in [0.1, 0.15) is 11.6 Å². The number of hydrogen-bond donors (Lipinski definition) is 1. The van der Waals surface area contributed by atoms with Crippen LogP contribution in [0.5, 0.6) is 5.75 Å². The van der Waals surface area contributed by atoms with Gasteiger partial charge in [0.05, 0.1) is 23.7 Å². The molecular weight excluding hydrogens is 268 g/mol. The summed E-state index contributed by atoms with van der Waals surface area (Å²) in [6.07, 6.45) is 5.31. The molecule has 0 aliphatic carbocycles. The van der Waals surface area contributed by atoms with Gasteiger partial charge in [0.15, 0.2) is 0 Å². The molecule has 21 heavy (non-hydrogen) atoms. The molecule has 2 aromatic heterocycles. The van der Waals surface area contributed by atoms with Crippen LogP contribution in [0.2, 0.25) is 0 Å². The minimum Gasteiger partial charge on any atom is -0.497 e. The van der Waals surface area contributed by atoms with Crippen molar-refractivity contribution < 1.29 is 4.74 Å². The first-order valence-electron chi connectivity index (χ1n) is 6.41. The van der Waals surface area contributed by atoms with Crippen LogP contribution in [-0.4, -0.2) is 26.9 Å². The third kappa shape index (κ3) is 2.55. The highest BCUT2D eigenvalue weighted by molar-refractivity contribution is 5.80. The molecule has 3 aromatic rings. The van der Waals surface area contributed by atoms with E-state index in [-0.39, 0.29) is 5.56 Å². The molecule has 0 atom stereocenters. The van der Waals surface area contributed by atoms with Crippen LogP contribution >= 0.6 is 0 Å². The zero-order valence-electron chi connectivity index (χ0n) is 11.7. The van der Waals surface area contributed by atoms with Crippen LogP contribution in [0.25, 0.3) is 23.1 Å². The van der Waals surface area contributed by atoms with Crippen molar-refractivity contribution in [2.75, 3.05) is 7.11 Å². The van der Waals surface area contributed by atoms with Crippen molar-refractivity contribution >= 4 is 23.1 Å². The summed E-state index contributed by atoms with van der Waals surface area (Å²) < 4.78 is 6.85. The van der Waals surface area contributed by atoms with Crippen molar-refractivity contribution in [1.29, 1.82) is 0 Å². The van der Waals surface area contributed by atoms with E-state index < -0.39 is 0 Å². The molecule has 0 radical (unpaired) electrons. The van der Waals surface area contributed by atoms with Gasteiger partial charge in [-0.1, -0.05) is 0 Å². The summed E-state index contributed by atoms with van der Waals surface area (Å²) in [5.41, 5.74) is 1.36. The monoisotopic (exact) mass is 282 g/mol. The Hall–Kier alpha value is -2.89. The summed E-state index contributed by atoms with van der Waals surface area (Å²) >= 11 is 0. The molecule has 0 unspecified atom stereocenters. The van der Waals surface area contributed by atoms with Crippen LogP contribution in [0, 0.1) is 0 Å². The maximum atomic E-state index is 12.1. The van der Waals surface area contributed by atoms with Crippen molar-refractivity contribution in [2.45, 2.75) is 0 Å². The van der Waals surface area contributed by atoms with Crippen molar-refractivity contribution in [1.82, 2.24) is 19.7 Å². The molecule has 0 saturated carbocycles. The van der Waals surface area contributed by atoms with E-state index in [0.29, 0.717) is 22.5 Å². The molecule has 0 aliphatic heterocycles. The Bertz CT molecular complexity index is 877. The first kappa shape index (κ1) is 13.1. The van der Waals surface area contributed by atoms with E-state index in [1.165, 1.54) is 0 Å². The summed E-state index contributed by atoms with van der Waals surface area (Å²) in [4.78, 5) is 19.3. The fourth-order valence-corrected chi connectivity index (χ4v) is 2.05. The summed E-state index contributed by atoms with van der Waals surface area (Å²) in [5, 5.41) is 4.58. The van der Waals surface area contributed by atoms with Gasteiger partial charge in [-0.25, -0.2) is 4.98 Å². The fraction of sp³-hybridized carbons (Fsp3) is 0.133. The van der Waals surface area contributed by atoms with E-state index in [4.69, 9.17) is 4.74 Å². The smallest absolute Gasteiger partial charge is 0.259 e. The lowest BCUT2D eigenvalue weighted by atomic mass is 10.2. The summed E-state index contributed by atoms with van der Waals surface area (Å²) in [5.74, 6) is 1.13. The molecule has 0 saturated heterocycles. The van der Waals surface area contributed by atoms with Crippen molar-refractivity contribution in [3.05, 3.63) is 52.3 Å². The van der Waals surface area contributed by atoms with Crippen molar-refractivity contribution in [2.24, 2.45) is 7.05 Å². The molecule has 2 heterocycles. The largest absolute Gasteiger partial charge is 0.497 e. The molecule has 106 valence electrons. The van der Waals surface area contributed by atoms with Crippen LogP contribution in [0.3, 0.4) is 0 Å². The Morgan fingerprint density at radius 2 is 2.14 bits per heavy atom. The number of methoxy groups -OCH3 is 1.